The van der Waals surface area contributed by atoms with Gasteiger partial charge in [0, 0.05) is 5.69 Å². The lowest BCUT2D eigenvalue weighted by Gasteiger charge is -2.28. The van der Waals surface area contributed by atoms with Gasteiger partial charge in [-0.3, -0.25) is 0 Å². The Kier molecular flexibility index (Phi) is 7.47. The van der Waals surface area contributed by atoms with E-state index in [2.05, 4.69) is 4.74 Å². The summed E-state index contributed by atoms with van der Waals surface area (Å²) in [6, 6.07) is 21.1. The van der Waals surface area contributed by atoms with E-state index < -0.39 is 31.6 Å². The number of halogens is 3. The molecule has 3 aromatic carbocycles. The van der Waals surface area contributed by atoms with E-state index >= 15 is 0 Å². The van der Waals surface area contributed by atoms with Crippen molar-refractivity contribution in [3.8, 4) is 11.5 Å². The zero-order valence-corrected chi connectivity index (χ0v) is 18.2. The normalized spacial score (nSPS) is 12.3. The van der Waals surface area contributed by atoms with E-state index in [1.54, 1.807) is 36.4 Å². The summed E-state index contributed by atoms with van der Waals surface area (Å²) in [7, 11) is -4.49. The molecule has 3 rings (SSSR count). The fourth-order valence-corrected chi connectivity index (χ4v) is 4.57. The molecule has 8 nitrogen and oxygen atoms in total. The molecule has 0 saturated carbocycles. The first-order valence-corrected chi connectivity index (χ1v) is 11.2. The molecule has 0 saturated heterocycles. The van der Waals surface area contributed by atoms with Gasteiger partial charge in [-0.05, 0) is 42.0 Å². The number of ether oxygens (including phenoxy) is 1. The second-order valence-electron chi connectivity index (χ2n) is 6.74. The number of nitrogen functional groups attached to an aromatic ring is 1. The van der Waals surface area contributed by atoms with Crippen LogP contribution in [0.3, 0.4) is 0 Å². The largest absolute Gasteiger partial charge is 0.491 e. The number of esters is 1. The second-order valence-corrected chi connectivity index (χ2v) is 8.70. The molecule has 3 N–H and O–H groups in total. The van der Waals surface area contributed by atoms with Crippen LogP contribution in [0.25, 0.3) is 0 Å². The lowest BCUT2D eigenvalue weighted by molar-refractivity contribution is -0.192. The Hall–Kier alpha value is -3.98. The molecule has 1 amide bonds. The second kappa shape index (κ2) is 10.3. The number of benzene rings is 3. The molecule has 3 aromatic rings. The molecule has 34 heavy (non-hydrogen) atoms. The molecule has 0 spiro atoms. The summed E-state index contributed by atoms with van der Waals surface area (Å²) in [6.07, 6.45) is -7.23. The minimum atomic E-state index is -5.42. The number of hydrogen-bond acceptors (Lipinski definition) is 7. The number of carbonyl (C=O) groups excluding carboxylic acids is 2. The summed E-state index contributed by atoms with van der Waals surface area (Å²) in [5.41, 5.74) is 6.10. The van der Waals surface area contributed by atoms with Crippen LogP contribution in [0, 0.1) is 0 Å². The number of amides is 1. The van der Waals surface area contributed by atoms with Crippen molar-refractivity contribution in [1.82, 2.24) is 5.32 Å². The Labute approximate surface area is 192 Å². The Morgan fingerprint density at radius 2 is 1.29 bits per heavy atom. The predicted molar refractivity (Wildman–Crippen MR) is 116 cm³/mol. The van der Waals surface area contributed by atoms with Crippen molar-refractivity contribution in [2.24, 2.45) is 0 Å². The summed E-state index contributed by atoms with van der Waals surface area (Å²) >= 11 is 0. The maximum atomic E-state index is 14.1. The van der Waals surface area contributed by atoms with Gasteiger partial charge in [0.2, 0.25) is 0 Å². The number of hydrogen-bond donors (Lipinski definition) is 2. The number of alkyl carbamates (subject to hydrolysis) is 1. The van der Waals surface area contributed by atoms with Crippen LogP contribution in [0.2, 0.25) is 0 Å². The minimum absolute atomic E-state index is 0.0868. The third kappa shape index (κ3) is 6.52. The van der Waals surface area contributed by atoms with Crippen LogP contribution >= 0.6 is 7.60 Å². The lowest BCUT2D eigenvalue weighted by atomic mass is 10.2. The maximum Gasteiger partial charge on any atom is 0.491 e. The van der Waals surface area contributed by atoms with Crippen molar-refractivity contribution in [2.75, 3.05) is 5.73 Å². The average molecular weight is 494 g/mol. The van der Waals surface area contributed by atoms with E-state index in [4.69, 9.17) is 14.8 Å². The SMILES string of the molecule is Nc1ccc(C(NC(=O)OC(=O)C(F)(F)F)P(=O)(Oc2ccccc2)Oc2ccccc2)cc1. The van der Waals surface area contributed by atoms with Crippen molar-refractivity contribution in [2.45, 2.75) is 12.0 Å². The van der Waals surface area contributed by atoms with Gasteiger partial charge in [0.15, 0.2) is 5.78 Å². The zero-order chi connectivity index (χ0) is 24.8. The van der Waals surface area contributed by atoms with Crippen molar-refractivity contribution in [3.63, 3.8) is 0 Å². The number of nitrogens with one attached hydrogen (secondary N) is 1. The van der Waals surface area contributed by atoms with Gasteiger partial charge in [-0.2, -0.15) is 13.2 Å². The van der Waals surface area contributed by atoms with Crippen molar-refractivity contribution in [1.29, 1.82) is 0 Å². The molecule has 178 valence electrons. The molecule has 0 aliphatic rings. The van der Waals surface area contributed by atoms with E-state index in [0.717, 1.165) is 0 Å². The monoisotopic (exact) mass is 494 g/mol. The summed E-state index contributed by atoms with van der Waals surface area (Å²) in [5, 5.41) is 2.00. The molecule has 12 heteroatoms. The first-order valence-electron chi connectivity index (χ1n) is 9.61. The van der Waals surface area contributed by atoms with Crippen LogP contribution < -0.4 is 20.1 Å². The van der Waals surface area contributed by atoms with Gasteiger partial charge in [0.1, 0.15) is 11.5 Å². The van der Waals surface area contributed by atoms with Gasteiger partial charge in [-0.15, -0.1) is 0 Å². The maximum absolute atomic E-state index is 14.1. The first-order chi connectivity index (χ1) is 16.1. The molecule has 0 fully saturated rings. The predicted octanol–water partition coefficient (Wildman–Crippen LogP) is 5.43. The molecule has 1 atom stereocenters. The lowest BCUT2D eigenvalue weighted by Crippen LogP contribution is -2.36. The topological polar surface area (TPSA) is 117 Å². The Balaban J connectivity index is 2.03. The number of para-hydroxylation sites is 2. The quantitative estimate of drug-likeness (QED) is 0.195. The highest BCUT2D eigenvalue weighted by Crippen LogP contribution is 2.59. The zero-order valence-electron chi connectivity index (χ0n) is 17.3. The van der Waals surface area contributed by atoms with Crippen molar-refractivity contribution >= 4 is 25.3 Å². The van der Waals surface area contributed by atoms with Crippen LogP contribution in [0.15, 0.2) is 84.9 Å². The number of anilines is 1. The molecule has 0 aliphatic heterocycles. The third-order valence-corrected chi connectivity index (χ3v) is 6.18. The molecular formula is C22H18F3N2O6P. The highest BCUT2D eigenvalue weighted by molar-refractivity contribution is 7.55. The third-order valence-electron chi connectivity index (χ3n) is 4.19. The molecule has 0 radical (unpaired) electrons. The Morgan fingerprint density at radius 3 is 1.74 bits per heavy atom. The number of rotatable bonds is 7. The standard InChI is InChI=1S/C22H18F3N2O6P/c23-22(24,25)20(28)31-21(29)27-19(15-11-13-16(26)14-12-15)34(30,32-17-7-3-1-4-8-17)33-18-9-5-2-6-10-18/h1-14,19H,26H2,(H,27,29). The molecule has 0 aromatic heterocycles. The van der Waals surface area contributed by atoms with E-state index in [1.165, 1.54) is 48.5 Å². The number of alkyl halides is 3. The molecule has 0 bridgehead atoms. The summed E-state index contributed by atoms with van der Waals surface area (Å²) in [4.78, 5) is 23.3. The molecule has 1 unspecified atom stereocenters. The van der Waals surface area contributed by atoms with Gasteiger partial charge in [-0.1, -0.05) is 48.5 Å². The minimum Gasteiger partial charge on any atom is -0.414 e. The highest BCUT2D eigenvalue weighted by atomic mass is 31.2. The van der Waals surface area contributed by atoms with Gasteiger partial charge in [-0.25, -0.2) is 14.2 Å². The fourth-order valence-electron chi connectivity index (χ4n) is 2.69. The van der Waals surface area contributed by atoms with E-state index in [9.17, 15) is 27.3 Å². The van der Waals surface area contributed by atoms with Crippen LogP contribution in [0.1, 0.15) is 11.3 Å². The van der Waals surface area contributed by atoms with E-state index in [-0.39, 0.29) is 17.1 Å². The Morgan fingerprint density at radius 1 is 0.824 bits per heavy atom. The van der Waals surface area contributed by atoms with E-state index in [0.29, 0.717) is 5.69 Å². The van der Waals surface area contributed by atoms with Gasteiger partial charge in [0.25, 0.3) is 0 Å². The van der Waals surface area contributed by atoms with Crippen LogP contribution in [0.4, 0.5) is 23.7 Å². The Bertz CT molecular complexity index is 1130. The van der Waals surface area contributed by atoms with Crippen LogP contribution in [0.5, 0.6) is 11.5 Å². The molecule has 0 aliphatic carbocycles. The highest BCUT2D eigenvalue weighted by Gasteiger charge is 2.45. The van der Waals surface area contributed by atoms with Crippen LogP contribution in [-0.2, 0) is 14.1 Å². The summed E-state index contributed by atoms with van der Waals surface area (Å²) in [6.45, 7) is 0. The smallest absolute Gasteiger partial charge is 0.414 e. The number of nitrogens with two attached hydrogens (primary N) is 1. The van der Waals surface area contributed by atoms with Gasteiger partial charge >= 0.3 is 25.8 Å². The van der Waals surface area contributed by atoms with Crippen molar-refractivity contribution < 1.29 is 41.1 Å². The molecule has 0 heterocycles. The van der Waals surface area contributed by atoms with E-state index in [1.807, 2.05) is 5.32 Å². The summed E-state index contributed by atoms with van der Waals surface area (Å²) < 4.78 is 66.9. The number of carbonyl (C=O) groups is 2. The summed E-state index contributed by atoms with van der Waals surface area (Å²) in [5.74, 6) is -4.27. The fraction of sp³-hybridized carbons (Fsp3) is 0.0909. The van der Waals surface area contributed by atoms with Crippen molar-refractivity contribution in [3.05, 3.63) is 90.5 Å². The van der Waals surface area contributed by atoms with Gasteiger partial charge < -0.3 is 24.8 Å². The molecular weight excluding hydrogens is 476 g/mol. The average Bonchev–Trinajstić information content (AvgIpc) is 2.79. The van der Waals surface area contributed by atoms with Gasteiger partial charge in [0.05, 0.1) is 0 Å². The first kappa shape index (κ1) is 24.7. The van der Waals surface area contributed by atoms with Crippen LogP contribution in [-0.4, -0.2) is 18.2 Å².